The molecule has 2 aromatic rings. The second-order valence-electron chi connectivity index (χ2n) is 7.63. The molecule has 3 N–H and O–H groups in total. The van der Waals surface area contributed by atoms with Crippen LogP contribution in [0.3, 0.4) is 0 Å². The molecule has 2 atom stereocenters. The fourth-order valence-electron chi connectivity index (χ4n) is 3.55. The SMILES string of the molecule is Cc1ccc(OCCC(=O)N[C@H](CN2CCCC2)[C@H](O)c2ccc(O)cc2)cc1. The molecule has 1 fully saturated rings. The summed E-state index contributed by atoms with van der Waals surface area (Å²) in [5.41, 5.74) is 1.83. The minimum atomic E-state index is -0.849. The summed E-state index contributed by atoms with van der Waals surface area (Å²) in [6.45, 7) is 4.83. The zero-order valence-corrected chi connectivity index (χ0v) is 16.9. The van der Waals surface area contributed by atoms with Gasteiger partial charge < -0.3 is 25.2 Å². The summed E-state index contributed by atoms with van der Waals surface area (Å²) in [5, 5.41) is 23.3. The number of nitrogens with zero attached hydrogens (tertiary/aromatic N) is 1. The van der Waals surface area contributed by atoms with Crippen LogP contribution in [0.1, 0.15) is 36.5 Å². The summed E-state index contributed by atoms with van der Waals surface area (Å²) in [6.07, 6.45) is 1.64. The quantitative estimate of drug-likeness (QED) is 0.605. The molecule has 1 saturated heterocycles. The molecule has 0 spiro atoms. The number of amides is 1. The highest BCUT2D eigenvalue weighted by Crippen LogP contribution is 2.22. The van der Waals surface area contributed by atoms with Crippen molar-refractivity contribution in [2.75, 3.05) is 26.2 Å². The number of carbonyl (C=O) groups excluding carboxylic acids is 1. The highest BCUT2D eigenvalue weighted by molar-refractivity contribution is 5.76. The fourth-order valence-corrected chi connectivity index (χ4v) is 3.55. The van der Waals surface area contributed by atoms with Crippen LogP contribution in [-0.4, -0.2) is 53.3 Å². The predicted molar refractivity (Wildman–Crippen MR) is 112 cm³/mol. The topological polar surface area (TPSA) is 82.0 Å². The third-order valence-corrected chi connectivity index (χ3v) is 5.23. The Bertz CT molecular complexity index is 770. The normalized spacial score (nSPS) is 16.3. The molecule has 1 aliphatic heterocycles. The molecule has 0 saturated carbocycles. The number of hydrogen-bond donors (Lipinski definition) is 3. The van der Waals surface area contributed by atoms with Crippen LogP contribution in [0.2, 0.25) is 0 Å². The van der Waals surface area contributed by atoms with Gasteiger partial charge in [-0.1, -0.05) is 29.8 Å². The second-order valence-corrected chi connectivity index (χ2v) is 7.63. The molecule has 0 aromatic heterocycles. The van der Waals surface area contributed by atoms with Gasteiger partial charge in [0.05, 0.1) is 19.1 Å². The molecule has 0 radical (unpaired) electrons. The number of hydrogen-bond acceptors (Lipinski definition) is 5. The second kappa shape index (κ2) is 10.3. The van der Waals surface area contributed by atoms with E-state index in [-0.39, 0.29) is 24.7 Å². The number of aliphatic hydroxyl groups excluding tert-OH is 1. The van der Waals surface area contributed by atoms with Crippen LogP contribution in [0.4, 0.5) is 0 Å². The molecule has 6 nitrogen and oxygen atoms in total. The number of benzene rings is 2. The largest absolute Gasteiger partial charge is 0.508 e. The maximum absolute atomic E-state index is 12.5. The maximum atomic E-state index is 12.5. The Balaban J connectivity index is 1.56. The molecule has 156 valence electrons. The number of aromatic hydroxyl groups is 1. The van der Waals surface area contributed by atoms with E-state index in [9.17, 15) is 15.0 Å². The number of rotatable bonds is 9. The summed E-state index contributed by atoms with van der Waals surface area (Å²) in [6, 6.07) is 13.7. The van der Waals surface area contributed by atoms with Gasteiger partial charge in [0.15, 0.2) is 0 Å². The Labute approximate surface area is 172 Å². The Hall–Kier alpha value is -2.57. The molecule has 0 aliphatic carbocycles. The third kappa shape index (κ3) is 6.48. The van der Waals surface area contributed by atoms with Crippen LogP contribution in [-0.2, 0) is 4.79 Å². The first-order valence-corrected chi connectivity index (χ1v) is 10.2. The van der Waals surface area contributed by atoms with E-state index in [0.29, 0.717) is 12.1 Å². The van der Waals surface area contributed by atoms with Crippen LogP contribution in [0, 0.1) is 6.92 Å². The molecular weight excluding hydrogens is 368 g/mol. The number of ether oxygens (including phenoxy) is 1. The van der Waals surface area contributed by atoms with E-state index in [1.807, 2.05) is 31.2 Å². The Kier molecular flexibility index (Phi) is 7.49. The Morgan fingerprint density at radius 3 is 2.41 bits per heavy atom. The van der Waals surface area contributed by atoms with Crippen molar-refractivity contribution >= 4 is 5.91 Å². The first-order valence-electron chi connectivity index (χ1n) is 10.2. The summed E-state index contributed by atoms with van der Waals surface area (Å²) in [7, 11) is 0. The van der Waals surface area contributed by atoms with Crippen LogP contribution < -0.4 is 10.1 Å². The smallest absolute Gasteiger partial charge is 0.223 e. The van der Waals surface area contributed by atoms with Gasteiger partial charge in [-0.3, -0.25) is 4.79 Å². The molecule has 29 heavy (non-hydrogen) atoms. The fraction of sp³-hybridized carbons (Fsp3) is 0.435. The predicted octanol–water partition coefficient (Wildman–Crippen LogP) is 2.78. The standard InChI is InChI=1S/C23H30N2O4/c1-17-4-10-20(11-5-17)29-15-12-22(27)24-21(16-25-13-2-3-14-25)23(28)18-6-8-19(26)9-7-18/h4-11,21,23,26,28H,2-3,12-16H2,1H3,(H,24,27)/t21-,23-/m1/s1. The minimum absolute atomic E-state index is 0.148. The molecular formula is C23H30N2O4. The number of aryl methyl sites for hydroxylation is 1. The summed E-state index contributed by atoms with van der Waals surface area (Å²) in [5.74, 6) is 0.731. The van der Waals surface area contributed by atoms with Crippen molar-refractivity contribution in [3.63, 3.8) is 0 Å². The van der Waals surface area contributed by atoms with E-state index in [0.717, 1.165) is 37.2 Å². The zero-order chi connectivity index (χ0) is 20.6. The van der Waals surface area contributed by atoms with Gasteiger partial charge >= 0.3 is 0 Å². The zero-order valence-electron chi connectivity index (χ0n) is 16.9. The molecule has 0 bridgehead atoms. The van der Waals surface area contributed by atoms with E-state index >= 15 is 0 Å². The van der Waals surface area contributed by atoms with Crippen molar-refractivity contribution in [1.82, 2.24) is 10.2 Å². The molecule has 2 aromatic carbocycles. The van der Waals surface area contributed by atoms with Crippen molar-refractivity contribution in [2.45, 2.75) is 38.3 Å². The first kappa shape index (κ1) is 21.1. The van der Waals surface area contributed by atoms with E-state index < -0.39 is 12.1 Å². The van der Waals surface area contributed by atoms with Crippen LogP contribution in [0.5, 0.6) is 11.5 Å². The number of carbonyl (C=O) groups is 1. The first-order chi connectivity index (χ1) is 14.0. The Morgan fingerprint density at radius 2 is 1.76 bits per heavy atom. The number of likely N-dealkylation sites (tertiary alicyclic amines) is 1. The monoisotopic (exact) mass is 398 g/mol. The van der Waals surface area contributed by atoms with Crippen molar-refractivity contribution < 1.29 is 19.7 Å². The lowest BCUT2D eigenvalue weighted by Gasteiger charge is -2.28. The molecule has 6 heteroatoms. The molecule has 1 heterocycles. The van der Waals surface area contributed by atoms with E-state index in [1.54, 1.807) is 24.3 Å². The van der Waals surface area contributed by atoms with Gasteiger partial charge in [-0.15, -0.1) is 0 Å². The summed E-state index contributed by atoms with van der Waals surface area (Å²) < 4.78 is 5.64. The average molecular weight is 399 g/mol. The maximum Gasteiger partial charge on any atom is 0.223 e. The van der Waals surface area contributed by atoms with E-state index in [4.69, 9.17) is 4.74 Å². The number of phenolic OH excluding ortho intramolecular Hbond substituents is 1. The van der Waals surface area contributed by atoms with Gasteiger partial charge in [-0.25, -0.2) is 0 Å². The van der Waals surface area contributed by atoms with Gasteiger partial charge in [-0.2, -0.15) is 0 Å². The van der Waals surface area contributed by atoms with Crippen molar-refractivity contribution in [2.24, 2.45) is 0 Å². The molecule has 0 unspecified atom stereocenters. The van der Waals surface area contributed by atoms with E-state index in [1.165, 1.54) is 0 Å². The van der Waals surface area contributed by atoms with Gasteiger partial charge in [0, 0.05) is 6.54 Å². The van der Waals surface area contributed by atoms with Gasteiger partial charge in [0.25, 0.3) is 0 Å². The lowest BCUT2D eigenvalue weighted by molar-refractivity contribution is -0.123. The van der Waals surface area contributed by atoms with Gasteiger partial charge in [0.2, 0.25) is 5.91 Å². The third-order valence-electron chi connectivity index (χ3n) is 5.23. The summed E-state index contributed by atoms with van der Waals surface area (Å²) >= 11 is 0. The molecule has 1 aliphatic rings. The van der Waals surface area contributed by atoms with Crippen LogP contribution in [0.25, 0.3) is 0 Å². The van der Waals surface area contributed by atoms with E-state index in [2.05, 4.69) is 10.2 Å². The minimum Gasteiger partial charge on any atom is -0.508 e. The van der Waals surface area contributed by atoms with Gasteiger partial charge in [-0.05, 0) is 62.7 Å². The van der Waals surface area contributed by atoms with Gasteiger partial charge in [0.1, 0.15) is 17.6 Å². The number of nitrogens with one attached hydrogen (secondary N) is 1. The number of phenols is 1. The molecule has 3 rings (SSSR count). The van der Waals surface area contributed by atoms with Crippen LogP contribution in [0.15, 0.2) is 48.5 Å². The highest BCUT2D eigenvalue weighted by atomic mass is 16.5. The van der Waals surface area contributed by atoms with Crippen molar-refractivity contribution in [3.05, 3.63) is 59.7 Å². The average Bonchev–Trinajstić information content (AvgIpc) is 3.22. The van der Waals surface area contributed by atoms with Crippen molar-refractivity contribution in [3.8, 4) is 11.5 Å². The number of aliphatic hydroxyl groups is 1. The molecule has 1 amide bonds. The lowest BCUT2D eigenvalue weighted by Crippen LogP contribution is -2.47. The summed E-state index contributed by atoms with van der Waals surface area (Å²) in [4.78, 5) is 14.8. The van der Waals surface area contributed by atoms with Crippen molar-refractivity contribution in [1.29, 1.82) is 0 Å². The highest BCUT2D eigenvalue weighted by Gasteiger charge is 2.26. The Morgan fingerprint density at radius 1 is 1.10 bits per heavy atom. The lowest BCUT2D eigenvalue weighted by atomic mass is 10.0. The van der Waals surface area contributed by atoms with Crippen LogP contribution >= 0.6 is 0 Å².